The van der Waals surface area contributed by atoms with Crippen LogP contribution >= 0.6 is 0 Å². The van der Waals surface area contributed by atoms with E-state index in [-0.39, 0.29) is 23.4 Å². The number of aliphatic hydroxyl groups excluding tert-OH is 1. The number of ether oxygens (including phenoxy) is 1. The van der Waals surface area contributed by atoms with E-state index in [2.05, 4.69) is 4.98 Å². The van der Waals surface area contributed by atoms with E-state index in [1.54, 1.807) is 26.8 Å². The molecule has 3 rings (SSSR count). The maximum atomic E-state index is 14.4. The van der Waals surface area contributed by atoms with Crippen molar-refractivity contribution in [2.45, 2.75) is 26.2 Å². The van der Waals surface area contributed by atoms with Crippen molar-refractivity contribution in [1.29, 1.82) is 0 Å². The summed E-state index contributed by atoms with van der Waals surface area (Å²) < 4.78 is 47.5. The van der Waals surface area contributed by atoms with Gasteiger partial charge in [-0.2, -0.15) is 0 Å². The summed E-state index contributed by atoms with van der Waals surface area (Å²) in [6, 6.07) is 8.33. The number of aromatic nitrogens is 1. The van der Waals surface area contributed by atoms with E-state index in [1.807, 2.05) is 0 Å². The van der Waals surface area contributed by atoms with Crippen molar-refractivity contribution < 1.29 is 23.0 Å². The van der Waals surface area contributed by atoms with Gasteiger partial charge in [0.25, 0.3) is 0 Å². The van der Waals surface area contributed by atoms with Gasteiger partial charge in [-0.3, -0.25) is 0 Å². The molecular weight excluding hydrogens is 343 g/mol. The molecule has 3 nitrogen and oxygen atoms in total. The molecule has 0 radical (unpaired) electrons. The van der Waals surface area contributed by atoms with E-state index in [9.17, 15) is 18.3 Å². The Labute approximate surface area is 149 Å². The minimum atomic E-state index is -1.02. The van der Waals surface area contributed by atoms with Gasteiger partial charge in [-0.1, -0.05) is 19.9 Å². The summed E-state index contributed by atoms with van der Waals surface area (Å²) in [5.74, 6) is -1.97. The molecule has 0 spiro atoms. The lowest BCUT2D eigenvalue weighted by atomic mass is 9.84. The normalized spacial score (nSPS) is 11.8. The molecule has 0 fully saturated rings. The van der Waals surface area contributed by atoms with Gasteiger partial charge in [-0.05, 0) is 37.3 Å². The molecule has 26 heavy (non-hydrogen) atoms. The van der Waals surface area contributed by atoms with Crippen molar-refractivity contribution in [3.63, 3.8) is 0 Å². The molecule has 0 bridgehead atoms. The Kier molecular flexibility index (Phi) is 4.63. The van der Waals surface area contributed by atoms with Gasteiger partial charge >= 0.3 is 0 Å². The SMILES string of the molecule is Cc1nc2c(F)c(F)ccc2cc1Oc1cccc(F)c1C(C)(C)CO. The Bertz CT molecular complexity index is 986. The topological polar surface area (TPSA) is 42.4 Å². The quantitative estimate of drug-likeness (QED) is 0.709. The largest absolute Gasteiger partial charge is 0.455 e. The van der Waals surface area contributed by atoms with Crippen LogP contribution in [-0.4, -0.2) is 16.7 Å². The number of hydrogen-bond acceptors (Lipinski definition) is 3. The highest BCUT2D eigenvalue weighted by atomic mass is 19.2. The molecule has 0 amide bonds. The van der Waals surface area contributed by atoms with E-state index >= 15 is 0 Å². The number of aryl methyl sites for hydroxylation is 1. The summed E-state index contributed by atoms with van der Waals surface area (Å²) in [6.45, 7) is 4.71. The Morgan fingerprint density at radius 2 is 1.77 bits per heavy atom. The number of rotatable bonds is 4. The lowest BCUT2D eigenvalue weighted by Gasteiger charge is -2.25. The highest BCUT2D eigenvalue weighted by molar-refractivity contribution is 5.81. The van der Waals surface area contributed by atoms with Gasteiger partial charge in [0.05, 0.1) is 12.3 Å². The van der Waals surface area contributed by atoms with E-state index in [1.165, 1.54) is 24.3 Å². The van der Waals surface area contributed by atoms with Crippen molar-refractivity contribution >= 4 is 10.9 Å². The van der Waals surface area contributed by atoms with Crippen molar-refractivity contribution in [1.82, 2.24) is 4.98 Å². The number of halogens is 3. The average Bonchev–Trinajstić information content (AvgIpc) is 2.59. The Morgan fingerprint density at radius 3 is 2.46 bits per heavy atom. The molecule has 136 valence electrons. The fourth-order valence-electron chi connectivity index (χ4n) is 2.80. The smallest absolute Gasteiger partial charge is 0.184 e. The van der Waals surface area contributed by atoms with Crippen LogP contribution in [0.1, 0.15) is 25.1 Å². The lowest BCUT2D eigenvalue weighted by molar-refractivity contribution is 0.212. The van der Waals surface area contributed by atoms with Crippen LogP contribution in [-0.2, 0) is 5.41 Å². The first-order valence-corrected chi connectivity index (χ1v) is 8.07. The van der Waals surface area contributed by atoms with Gasteiger partial charge in [0.1, 0.15) is 22.8 Å². The average molecular weight is 361 g/mol. The predicted octanol–water partition coefficient (Wildman–Crippen LogP) is 5.02. The number of aliphatic hydroxyl groups is 1. The number of pyridine rings is 1. The lowest BCUT2D eigenvalue weighted by Crippen LogP contribution is -2.24. The van der Waals surface area contributed by atoms with E-state index in [0.29, 0.717) is 16.8 Å². The molecule has 0 aliphatic heterocycles. The summed E-state index contributed by atoms with van der Waals surface area (Å²) in [5.41, 5.74) is -0.398. The van der Waals surface area contributed by atoms with E-state index in [0.717, 1.165) is 6.07 Å². The third kappa shape index (κ3) is 3.12. The van der Waals surface area contributed by atoms with Crippen LogP contribution in [0.2, 0.25) is 0 Å². The first-order chi connectivity index (χ1) is 12.2. The molecule has 0 aliphatic rings. The maximum absolute atomic E-state index is 14.4. The van der Waals surface area contributed by atoms with Crippen LogP contribution in [0.15, 0.2) is 36.4 Å². The van der Waals surface area contributed by atoms with Crippen LogP contribution in [0.3, 0.4) is 0 Å². The minimum absolute atomic E-state index is 0.0926. The number of hydrogen-bond donors (Lipinski definition) is 1. The van der Waals surface area contributed by atoms with Gasteiger partial charge in [0.2, 0.25) is 0 Å². The molecule has 1 aromatic heterocycles. The third-order valence-electron chi connectivity index (χ3n) is 4.29. The summed E-state index contributed by atoms with van der Waals surface area (Å²) in [5, 5.41) is 9.97. The standard InChI is InChI=1S/C20H18F3NO2/c1-11-16(9-12-7-8-14(22)18(23)19(12)24-11)26-15-6-4-5-13(21)17(15)20(2,3)10-25/h4-9,25H,10H2,1-3H3. The highest BCUT2D eigenvalue weighted by Crippen LogP contribution is 2.37. The van der Waals surface area contributed by atoms with Crippen molar-refractivity contribution in [2.24, 2.45) is 0 Å². The van der Waals surface area contributed by atoms with Crippen molar-refractivity contribution in [3.05, 3.63) is 65.1 Å². The molecule has 2 aromatic carbocycles. The van der Waals surface area contributed by atoms with Gasteiger partial charge in [-0.15, -0.1) is 0 Å². The zero-order valence-corrected chi connectivity index (χ0v) is 14.6. The fraction of sp³-hybridized carbons (Fsp3) is 0.250. The Hall–Kier alpha value is -2.60. The predicted molar refractivity (Wildman–Crippen MR) is 93.0 cm³/mol. The second-order valence-electron chi connectivity index (χ2n) is 6.76. The van der Waals surface area contributed by atoms with E-state index in [4.69, 9.17) is 4.74 Å². The van der Waals surface area contributed by atoms with E-state index < -0.39 is 22.9 Å². The minimum Gasteiger partial charge on any atom is -0.455 e. The molecule has 0 atom stereocenters. The molecule has 0 aliphatic carbocycles. The molecule has 0 saturated heterocycles. The fourth-order valence-corrected chi connectivity index (χ4v) is 2.80. The molecule has 1 N–H and O–H groups in total. The molecule has 0 unspecified atom stereocenters. The van der Waals surface area contributed by atoms with Crippen molar-refractivity contribution in [2.75, 3.05) is 6.61 Å². The molecule has 6 heteroatoms. The number of nitrogens with zero attached hydrogens (tertiary/aromatic N) is 1. The van der Waals surface area contributed by atoms with Gasteiger partial charge in [0, 0.05) is 16.4 Å². The van der Waals surface area contributed by atoms with Crippen molar-refractivity contribution in [3.8, 4) is 11.5 Å². The second kappa shape index (κ2) is 6.61. The summed E-state index contributed by atoms with van der Waals surface area (Å²) in [6.07, 6.45) is 0. The summed E-state index contributed by atoms with van der Waals surface area (Å²) in [4.78, 5) is 4.08. The second-order valence-corrected chi connectivity index (χ2v) is 6.76. The third-order valence-corrected chi connectivity index (χ3v) is 4.29. The highest BCUT2D eigenvalue weighted by Gasteiger charge is 2.28. The molecular formula is C20H18F3NO2. The van der Waals surface area contributed by atoms with Crippen LogP contribution in [0.4, 0.5) is 13.2 Å². The van der Waals surface area contributed by atoms with Crippen LogP contribution in [0, 0.1) is 24.4 Å². The van der Waals surface area contributed by atoms with Gasteiger partial charge in [0.15, 0.2) is 11.6 Å². The maximum Gasteiger partial charge on any atom is 0.184 e. The monoisotopic (exact) mass is 361 g/mol. The zero-order chi connectivity index (χ0) is 19.1. The number of fused-ring (bicyclic) bond motifs is 1. The summed E-state index contributed by atoms with van der Waals surface area (Å²) in [7, 11) is 0. The Balaban J connectivity index is 2.12. The van der Waals surface area contributed by atoms with Gasteiger partial charge < -0.3 is 9.84 Å². The summed E-state index contributed by atoms with van der Waals surface area (Å²) >= 11 is 0. The van der Waals surface area contributed by atoms with Crippen LogP contribution < -0.4 is 4.74 Å². The number of benzene rings is 2. The zero-order valence-electron chi connectivity index (χ0n) is 14.6. The molecule has 3 aromatic rings. The molecule has 0 saturated carbocycles. The molecule has 1 heterocycles. The first-order valence-electron chi connectivity index (χ1n) is 8.07. The van der Waals surface area contributed by atoms with Gasteiger partial charge in [-0.25, -0.2) is 18.2 Å². The first kappa shape index (κ1) is 18.2. The Morgan fingerprint density at radius 1 is 1.04 bits per heavy atom. The van der Waals surface area contributed by atoms with Crippen LogP contribution in [0.5, 0.6) is 11.5 Å². The van der Waals surface area contributed by atoms with Crippen LogP contribution in [0.25, 0.3) is 10.9 Å².